The maximum Gasteiger partial charge on any atom is 0.258 e. The highest BCUT2D eigenvalue weighted by molar-refractivity contribution is 7.20. The molecule has 0 aliphatic heterocycles. The van der Waals surface area contributed by atoms with Gasteiger partial charge in [0.1, 0.15) is 5.82 Å². The number of hydrogen-bond acceptors (Lipinski definition) is 4. The molecule has 30 heavy (non-hydrogen) atoms. The van der Waals surface area contributed by atoms with E-state index in [1.807, 2.05) is 13.0 Å². The van der Waals surface area contributed by atoms with Gasteiger partial charge in [-0.05, 0) is 48.2 Å². The van der Waals surface area contributed by atoms with Crippen LogP contribution in [0, 0.1) is 6.92 Å². The van der Waals surface area contributed by atoms with Crippen molar-refractivity contribution in [2.75, 3.05) is 5.32 Å². The molecule has 2 heterocycles. The van der Waals surface area contributed by atoms with Crippen molar-refractivity contribution in [3.05, 3.63) is 69.3 Å². The molecule has 0 bridgehead atoms. The molecule has 1 N–H and O–H groups in total. The lowest BCUT2D eigenvalue weighted by Gasteiger charge is -2.18. The summed E-state index contributed by atoms with van der Waals surface area (Å²) in [4.78, 5) is 17.5. The molecular weight excluding hydrogens is 439 g/mol. The number of benzene rings is 2. The van der Waals surface area contributed by atoms with E-state index < -0.39 is 0 Å². The average Bonchev–Trinajstić information content (AvgIpc) is 3.25. The number of nitrogens with one attached hydrogen (secondary N) is 1. The number of rotatable bonds is 3. The SMILES string of the molecule is Cc1cc(NC(=O)c2cc(Cl)ccc2Cl)n(-c2nc3ccc(C(C)(C)C)cc3s2)n1. The zero-order valence-electron chi connectivity index (χ0n) is 17.0. The van der Waals surface area contributed by atoms with Gasteiger partial charge < -0.3 is 5.32 Å². The Hall–Kier alpha value is -2.41. The van der Waals surface area contributed by atoms with Gasteiger partial charge in [0.15, 0.2) is 0 Å². The van der Waals surface area contributed by atoms with Gasteiger partial charge in [-0.1, -0.05) is 61.4 Å². The quantitative estimate of drug-likeness (QED) is 0.373. The first kappa shape index (κ1) is 20.8. The third-order valence-corrected chi connectivity index (χ3v) is 6.23. The maximum atomic E-state index is 12.8. The zero-order chi connectivity index (χ0) is 21.6. The summed E-state index contributed by atoms with van der Waals surface area (Å²) in [6, 6.07) is 12.9. The fourth-order valence-corrected chi connectivity index (χ4v) is 4.40. The molecule has 0 unspecified atom stereocenters. The van der Waals surface area contributed by atoms with Gasteiger partial charge in [0.05, 0.1) is 26.5 Å². The summed E-state index contributed by atoms with van der Waals surface area (Å²) in [5.41, 5.74) is 3.25. The molecule has 5 nitrogen and oxygen atoms in total. The topological polar surface area (TPSA) is 59.8 Å². The van der Waals surface area contributed by atoms with Crippen LogP contribution in [0.5, 0.6) is 0 Å². The van der Waals surface area contributed by atoms with Gasteiger partial charge in [0.25, 0.3) is 5.91 Å². The molecule has 0 radical (unpaired) electrons. The Kier molecular flexibility index (Phi) is 5.34. The number of anilines is 1. The normalized spacial score (nSPS) is 11.8. The number of nitrogens with zero attached hydrogens (tertiary/aromatic N) is 3. The van der Waals surface area contributed by atoms with Crippen LogP contribution < -0.4 is 5.32 Å². The molecule has 0 saturated carbocycles. The number of aryl methyl sites for hydroxylation is 1. The van der Waals surface area contributed by atoms with Gasteiger partial charge in [-0.25, -0.2) is 4.98 Å². The largest absolute Gasteiger partial charge is 0.306 e. The molecule has 0 atom stereocenters. The number of halogens is 2. The van der Waals surface area contributed by atoms with Crippen LogP contribution in [-0.2, 0) is 5.41 Å². The van der Waals surface area contributed by atoms with Crippen molar-refractivity contribution in [2.24, 2.45) is 0 Å². The third-order valence-electron chi connectivity index (χ3n) is 4.67. The van der Waals surface area contributed by atoms with E-state index in [9.17, 15) is 4.79 Å². The Morgan fingerprint density at radius 3 is 2.60 bits per heavy atom. The number of aromatic nitrogens is 3. The molecule has 0 saturated heterocycles. The van der Waals surface area contributed by atoms with Crippen LogP contribution in [0.4, 0.5) is 5.82 Å². The van der Waals surface area contributed by atoms with Gasteiger partial charge >= 0.3 is 0 Å². The van der Waals surface area contributed by atoms with E-state index in [1.165, 1.54) is 16.9 Å². The summed E-state index contributed by atoms with van der Waals surface area (Å²) in [5.74, 6) is 0.156. The van der Waals surface area contributed by atoms with Crippen LogP contribution in [0.1, 0.15) is 42.4 Å². The number of amides is 1. The number of carbonyl (C=O) groups excluding carboxylic acids is 1. The van der Waals surface area contributed by atoms with E-state index >= 15 is 0 Å². The Labute approximate surface area is 188 Å². The highest BCUT2D eigenvalue weighted by Gasteiger charge is 2.19. The minimum atomic E-state index is -0.361. The standard InChI is InChI=1S/C22H20Cl2N4OS/c1-12-9-19(26-20(29)15-11-14(23)6-7-16(15)24)28(27-12)21-25-17-8-5-13(22(2,3)4)10-18(17)30-21/h5-11H,1-4H3,(H,26,29). The number of hydrogen-bond donors (Lipinski definition) is 1. The molecule has 0 fully saturated rings. The smallest absolute Gasteiger partial charge is 0.258 e. The first-order valence-electron chi connectivity index (χ1n) is 9.36. The summed E-state index contributed by atoms with van der Waals surface area (Å²) < 4.78 is 2.72. The average molecular weight is 459 g/mol. The highest BCUT2D eigenvalue weighted by atomic mass is 35.5. The molecule has 8 heteroatoms. The van der Waals surface area contributed by atoms with Crippen molar-refractivity contribution in [1.29, 1.82) is 0 Å². The summed E-state index contributed by atoms with van der Waals surface area (Å²) in [6.07, 6.45) is 0. The molecule has 0 aliphatic carbocycles. The van der Waals surface area contributed by atoms with E-state index in [1.54, 1.807) is 28.9 Å². The lowest BCUT2D eigenvalue weighted by atomic mass is 9.87. The van der Waals surface area contributed by atoms with Gasteiger partial charge in [0, 0.05) is 11.1 Å². The lowest BCUT2D eigenvalue weighted by Crippen LogP contribution is -2.15. The summed E-state index contributed by atoms with van der Waals surface area (Å²) in [7, 11) is 0. The molecule has 2 aromatic carbocycles. The van der Waals surface area contributed by atoms with Crippen molar-refractivity contribution in [2.45, 2.75) is 33.1 Å². The zero-order valence-corrected chi connectivity index (χ0v) is 19.3. The fourth-order valence-electron chi connectivity index (χ4n) is 3.06. The van der Waals surface area contributed by atoms with E-state index in [2.05, 4.69) is 43.3 Å². The number of carbonyl (C=O) groups is 1. The van der Waals surface area contributed by atoms with Gasteiger partial charge in [0.2, 0.25) is 5.13 Å². The van der Waals surface area contributed by atoms with Crippen LogP contribution in [0.3, 0.4) is 0 Å². The second kappa shape index (κ2) is 7.69. The third kappa shape index (κ3) is 4.08. The van der Waals surface area contributed by atoms with Gasteiger partial charge in [-0.15, -0.1) is 0 Å². The molecule has 4 rings (SSSR count). The van der Waals surface area contributed by atoms with Crippen LogP contribution in [0.15, 0.2) is 42.5 Å². The molecule has 154 valence electrons. The predicted octanol–water partition coefficient (Wildman–Crippen LogP) is 6.65. The Bertz CT molecular complexity index is 1270. The second-order valence-electron chi connectivity index (χ2n) is 8.09. The number of thiazole rings is 1. The van der Waals surface area contributed by atoms with Crippen LogP contribution in [0.2, 0.25) is 10.0 Å². The molecule has 4 aromatic rings. The van der Waals surface area contributed by atoms with Gasteiger partial charge in [-0.3, -0.25) is 4.79 Å². The van der Waals surface area contributed by atoms with Crippen LogP contribution in [0.25, 0.3) is 15.3 Å². The minimum Gasteiger partial charge on any atom is -0.306 e. The van der Waals surface area contributed by atoms with E-state index in [0.717, 1.165) is 15.9 Å². The maximum absolute atomic E-state index is 12.8. The Morgan fingerprint density at radius 1 is 1.10 bits per heavy atom. The first-order chi connectivity index (χ1) is 14.1. The van der Waals surface area contributed by atoms with Crippen molar-refractivity contribution in [3.63, 3.8) is 0 Å². The number of fused-ring (bicyclic) bond motifs is 1. The molecular formula is C22H20Cl2N4OS. The molecule has 0 aliphatic rings. The molecule has 1 amide bonds. The Morgan fingerprint density at radius 2 is 1.87 bits per heavy atom. The van der Waals surface area contributed by atoms with Gasteiger partial charge in [-0.2, -0.15) is 9.78 Å². The highest BCUT2D eigenvalue weighted by Crippen LogP contribution is 2.32. The van der Waals surface area contributed by atoms with E-state index in [0.29, 0.717) is 26.6 Å². The summed E-state index contributed by atoms with van der Waals surface area (Å²) in [5, 5.41) is 8.85. The minimum absolute atomic E-state index is 0.0516. The predicted molar refractivity (Wildman–Crippen MR) is 125 cm³/mol. The first-order valence-corrected chi connectivity index (χ1v) is 10.9. The van der Waals surface area contributed by atoms with Crippen molar-refractivity contribution in [1.82, 2.24) is 14.8 Å². The lowest BCUT2D eigenvalue weighted by molar-refractivity contribution is 0.102. The van der Waals surface area contributed by atoms with E-state index in [4.69, 9.17) is 28.2 Å². The fraction of sp³-hybridized carbons (Fsp3) is 0.227. The Balaban J connectivity index is 1.71. The van der Waals surface area contributed by atoms with Crippen molar-refractivity contribution in [3.8, 4) is 5.13 Å². The summed E-state index contributed by atoms with van der Waals surface area (Å²) >= 11 is 13.7. The van der Waals surface area contributed by atoms with Crippen LogP contribution >= 0.6 is 34.5 Å². The summed E-state index contributed by atoms with van der Waals surface area (Å²) in [6.45, 7) is 8.41. The van der Waals surface area contributed by atoms with Crippen molar-refractivity contribution < 1.29 is 4.79 Å². The van der Waals surface area contributed by atoms with Crippen molar-refractivity contribution >= 4 is 56.5 Å². The monoisotopic (exact) mass is 458 g/mol. The second-order valence-corrected chi connectivity index (χ2v) is 9.94. The molecule has 0 spiro atoms. The van der Waals surface area contributed by atoms with Crippen LogP contribution in [-0.4, -0.2) is 20.7 Å². The van der Waals surface area contributed by atoms with E-state index in [-0.39, 0.29) is 11.3 Å². The molecule has 2 aromatic heterocycles.